The van der Waals surface area contributed by atoms with Gasteiger partial charge in [-0.15, -0.1) is 11.3 Å². The molecule has 29 heavy (non-hydrogen) atoms. The zero-order valence-electron chi connectivity index (χ0n) is 15.7. The lowest BCUT2D eigenvalue weighted by Gasteiger charge is -2.30. The van der Waals surface area contributed by atoms with E-state index in [9.17, 15) is 9.18 Å². The lowest BCUT2D eigenvalue weighted by molar-refractivity contribution is 0.1000. The van der Waals surface area contributed by atoms with Crippen LogP contribution < -0.4 is 16.0 Å². The van der Waals surface area contributed by atoms with Crippen molar-refractivity contribution in [2.24, 2.45) is 5.73 Å². The summed E-state index contributed by atoms with van der Waals surface area (Å²) in [5, 5.41) is 3.96. The Balaban J connectivity index is 1.42. The highest BCUT2D eigenvalue weighted by molar-refractivity contribution is 7.15. The Morgan fingerprint density at radius 1 is 1.24 bits per heavy atom. The van der Waals surface area contributed by atoms with Gasteiger partial charge in [0.05, 0.1) is 5.56 Å². The lowest BCUT2D eigenvalue weighted by Crippen LogP contribution is -2.34. The van der Waals surface area contributed by atoms with E-state index in [2.05, 4.69) is 25.2 Å². The average molecular weight is 412 g/mol. The van der Waals surface area contributed by atoms with Gasteiger partial charge in [0.25, 0.3) is 0 Å². The van der Waals surface area contributed by atoms with Crippen LogP contribution in [0.15, 0.2) is 43.0 Å². The van der Waals surface area contributed by atoms with Crippen molar-refractivity contribution >= 4 is 33.9 Å². The molecular formula is C20H21FN6OS. The second-order valence-corrected chi connectivity index (χ2v) is 8.06. The zero-order valence-corrected chi connectivity index (χ0v) is 16.5. The molecule has 1 aliphatic heterocycles. The van der Waals surface area contributed by atoms with Crippen LogP contribution in [0.5, 0.6) is 0 Å². The quantitative estimate of drug-likeness (QED) is 0.645. The Morgan fingerprint density at radius 2 is 2.07 bits per heavy atom. The fourth-order valence-electron chi connectivity index (χ4n) is 3.27. The third-order valence-electron chi connectivity index (χ3n) is 4.78. The summed E-state index contributed by atoms with van der Waals surface area (Å²) in [7, 11) is 0. The maximum Gasteiger partial charge on any atom is 0.250 e. The molecule has 0 saturated carbocycles. The number of hydrogen-bond acceptors (Lipinski definition) is 7. The number of nitrogens with two attached hydrogens (primary N) is 1. The first-order chi connectivity index (χ1) is 14.1. The van der Waals surface area contributed by atoms with Crippen LogP contribution in [0, 0.1) is 0 Å². The third kappa shape index (κ3) is 4.86. The van der Waals surface area contributed by atoms with Gasteiger partial charge in [0.15, 0.2) is 5.13 Å². The Labute approximate surface area is 171 Å². The number of carbonyl (C=O) groups excluding carboxylic acids is 1. The predicted octanol–water partition coefficient (Wildman–Crippen LogP) is 3.30. The fraction of sp³-hybridized carbons (Fsp3) is 0.300. The number of pyridine rings is 2. The summed E-state index contributed by atoms with van der Waals surface area (Å²) in [5.41, 5.74) is 7.63. The Bertz CT molecular complexity index is 1000. The fourth-order valence-corrected chi connectivity index (χ4v) is 4.12. The van der Waals surface area contributed by atoms with Gasteiger partial charge in [-0.2, -0.15) is 0 Å². The van der Waals surface area contributed by atoms with Gasteiger partial charge >= 0.3 is 0 Å². The third-order valence-corrected chi connectivity index (χ3v) is 5.69. The molecule has 1 aliphatic rings. The smallest absolute Gasteiger partial charge is 0.250 e. The van der Waals surface area contributed by atoms with Crippen molar-refractivity contribution < 1.29 is 9.18 Å². The van der Waals surface area contributed by atoms with Crippen LogP contribution in [0.4, 0.5) is 21.0 Å². The first kappa shape index (κ1) is 19.3. The number of alkyl halides is 1. The van der Waals surface area contributed by atoms with E-state index < -0.39 is 12.1 Å². The number of anilines is 3. The molecular weight excluding hydrogens is 391 g/mol. The molecule has 0 bridgehead atoms. The van der Waals surface area contributed by atoms with Gasteiger partial charge in [-0.1, -0.05) is 0 Å². The minimum atomic E-state index is -0.696. The van der Waals surface area contributed by atoms with Crippen LogP contribution in [0.3, 0.4) is 0 Å². The predicted molar refractivity (Wildman–Crippen MR) is 112 cm³/mol. The Kier molecular flexibility index (Phi) is 5.66. The number of carbonyl (C=O) groups is 1. The van der Waals surface area contributed by atoms with Gasteiger partial charge in [0, 0.05) is 60.9 Å². The Hall–Kier alpha value is -3.07. The van der Waals surface area contributed by atoms with E-state index in [1.54, 1.807) is 24.7 Å². The van der Waals surface area contributed by atoms with Crippen molar-refractivity contribution in [2.75, 3.05) is 23.3 Å². The van der Waals surface area contributed by atoms with Gasteiger partial charge in [0.2, 0.25) is 5.91 Å². The van der Waals surface area contributed by atoms with Gasteiger partial charge in [-0.25, -0.2) is 14.4 Å². The van der Waals surface area contributed by atoms with Crippen molar-refractivity contribution in [3.63, 3.8) is 0 Å². The standard InChI is InChI=1S/C20H21FN6OS/c21-15-2-5-27(6-3-15)16-1-4-24-18(9-16)26-20-25-12-17(29-20)8-13-7-14(19(22)28)11-23-10-13/h1,4,7,9-12,15H,2-3,5-6,8H2,(H2,22,28)(H,24,25,26). The molecule has 9 heteroatoms. The van der Waals surface area contributed by atoms with E-state index in [4.69, 9.17) is 5.73 Å². The highest BCUT2D eigenvalue weighted by Crippen LogP contribution is 2.27. The molecule has 0 spiro atoms. The second kappa shape index (κ2) is 8.52. The van der Waals surface area contributed by atoms with Crippen molar-refractivity contribution in [1.29, 1.82) is 0 Å². The summed E-state index contributed by atoms with van der Waals surface area (Å²) < 4.78 is 13.4. The molecule has 1 amide bonds. The van der Waals surface area contributed by atoms with Gasteiger partial charge in [-0.3, -0.25) is 9.78 Å². The Morgan fingerprint density at radius 3 is 2.86 bits per heavy atom. The van der Waals surface area contributed by atoms with E-state index in [0.717, 1.165) is 21.3 Å². The van der Waals surface area contributed by atoms with Crippen LogP contribution in [-0.2, 0) is 6.42 Å². The molecule has 4 rings (SSSR count). The van der Waals surface area contributed by atoms with Gasteiger partial charge in [-0.05, 0) is 30.5 Å². The number of rotatable bonds is 6. The van der Waals surface area contributed by atoms with Crippen molar-refractivity contribution in [3.05, 3.63) is 59.0 Å². The van der Waals surface area contributed by atoms with Crippen molar-refractivity contribution in [2.45, 2.75) is 25.4 Å². The summed E-state index contributed by atoms with van der Waals surface area (Å²) in [5.74, 6) is 0.205. The number of primary amides is 1. The monoisotopic (exact) mass is 412 g/mol. The number of hydrogen-bond donors (Lipinski definition) is 2. The molecule has 0 aromatic carbocycles. The van der Waals surface area contributed by atoms with E-state index >= 15 is 0 Å². The van der Waals surface area contributed by atoms with E-state index in [1.807, 2.05) is 12.1 Å². The molecule has 3 aromatic heterocycles. The van der Waals surface area contributed by atoms with Crippen LogP contribution in [-0.4, -0.2) is 40.1 Å². The maximum absolute atomic E-state index is 13.4. The number of nitrogens with one attached hydrogen (secondary N) is 1. The topological polar surface area (TPSA) is 97.0 Å². The SMILES string of the molecule is NC(=O)c1cncc(Cc2cnc(Nc3cc(N4CCC(F)CC4)ccn3)s2)c1. The number of nitrogens with zero attached hydrogens (tertiary/aromatic N) is 4. The van der Waals surface area contributed by atoms with E-state index in [0.29, 0.717) is 43.7 Å². The molecule has 1 saturated heterocycles. The summed E-state index contributed by atoms with van der Waals surface area (Å²) >= 11 is 1.51. The van der Waals surface area contributed by atoms with Crippen LogP contribution in [0.2, 0.25) is 0 Å². The molecule has 7 nitrogen and oxygen atoms in total. The molecule has 3 aromatic rings. The summed E-state index contributed by atoms with van der Waals surface area (Å²) in [6.07, 6.45) is 7.75. The van der Waals surface area contributed by atoms with Crippen LogP contribution in [0.1, 0.15) is 33.6 Å². The first-order valence-corrected chi connectivity index (χ1v) is 10.2. The number of piperidine rings is 1. The largest absolute Gasteiger partial charge is 0.371 e. The molecule has 0 unspecified atom stereocenters. The number of amides is 1. The highest BCUT2D eigenvalue weighted by Gasteiger charge is 2.19. The van der Waals surface area contributed by atoms with E-state index in [-0.39, 0.29) is 0 Å². The average Bonchev–Trinajstić information content (AvgIpc) is 3.15. The highest BCUT2D eigenvalue weighted by atomic mass is 32.1. The molecule has 4 heterocycles. The maximum atomic E-state index is 13.4. The van der Waals surface area contributed by atoms with E-state index in [1.165, 1.54) is 17.5 Å². The molecule has 0 radical (unpaired) electrons. The van der Waals surface area contributed by atoms with Gasteiger partial charge < -0.3 is 16.0 Å². The molecule has 150 valence electrons. The zero-order chi connectivity index (χ0) is 20.2. The molecule has 0 aliphatic carbocycles. The lowest BCUT2D eigenvalue weighted by atomic mass is 10.1. The van der Waals surface area contributed by atoms with Crippen molar-refractivity contribution in [1.82, 2.24) is 15.0 Å². The minimum Gasteiger partial charge on any atom is -0.371 e. The molecule has 0 atom stereocenters. The normalized spacial score (nSPS) is 14.7. The summed E-state index contributed by atoms with van der Waals surface area (Å²) in [6.45, 7) is 1.43. The number of aromatic nitrogens is 3. The van der Waals surface area contributed by atoms with Crippen molar-refractivity contribution in [3.8, 4) is 0 Å². The van der Waals surface area contributed by atoms with Crippen LogP contribution >= 0.6 is 11.3 Å². The summed E-state index contributed by atoms with van der Waals surface area (Å²) in [6, 6.07) is 5.64. The minimum absolute atomic E-state index is 0.392. The second-order valence-electron chi connectivity index (χ2n) is 6.94. The number of halogens is 1. The molecule has 3 N–H and O–H groups in total. The molecule has 1 fully saturated rings. The summed E-state index contributed by atoms with van der Waals surface area (Å²) in [4.78, 5) is 27.3. The van der Waals surface area contributed by atoms with Crippen LogP contribution in [0.25, 0.3) is 0 Å². The first-order valence-electron chi connectivity index (χ1n) is 9.37. The number of thiazole rings is 1. The van der Waals surface area contributed by atoms with Gasteiger partial charge in [0.1, 0.15) is 12.0 Å².